The van der Waals surface area contributed by atoms with E-state index in [0.717, 1.165) is 16.9 Å². The Hall–Kier alpha value is -1.69. The first-order valence-electron chi connectivity index (χ1n) is 5.93. The summed E-state index contributed by atoms with van der Waals surface area (Å²) >= 11 is -0.112. The van der Waals surface area contributed by atoms with Crippen LogP contribution in [0.4, 0.5) is 18.9 Å². The van der Waals surface area contributed by atoms with Gasteiger partial charge >= 0.3 is 5.51 Å². The second-order valence-electron chi connectivity index (χ2n) is 4.23. The van der Waals surface area contributed by atoms with Crippen LogP contribution >= 0.6 is 11.8 Å². The fourth-order valence-electron chi connectivity index (χ4n) is 1.58. The molecule has 0 amide bonds. The minimum Gasteiger partial charge on any atom is -0.381 e. The lowest BCUT2D eigenvalue weighted by atomic mass is 10.2. The lowest BCUT2D eigenvalue weighted by molar-refractivity contribution is -0.0328. The smallest absolute Gasteiger partial charge is 0.381 e. The van der Waals surface area contributed by atoms with E-state index >= 15 is 0 Å². The van der Waals surface area contributed by atoms with Crippen molar-refractivity contribution in [1.82, 2.24) is 4.98 Å². The molecule has 1 N–H and O–H groups in total. The Labute approximate surface area is 119 Å². The molecule has 0 atom stereocenters. The Kier molecular flexibility index (Phi) is 4.54. The summed E-state index contributed by atoms with van der Waals surface area (Å²) in [5.74, 6) is 0. The largest absolute Gasteiger partial charge is 0.446 e. The topological polar surface area (TPSA) is 24.9 Å². The van der Waals surface area contributed by atoms with Gasteiger partial charge in [-0.05, 0) is 54.6 Å². The molecule has 0 aliphatic carbocycles. The van der Waals surface area contributed by atoms with Crippen LogP contribution in [0.5, 0.6) is 0 Å². The highest BCUT2D eigenvalue weighted by Gasteiger charge is 2.28. The molecule has 0 aliphatic heterocycles. The normalized spacial score (nSPS) is 11.4. The van der Waals surface area contributed by atoms with Crippen LogP contribution < -0.4 is 5.32 Å². The van der Waals surface area contributed by atoms with Gasteiger partial charge < -0.3 is 5.32 Å². The predicted molar refractivity (Wildman–Crippen MR) is 74.7 cm³/mol. The second-order valence-corrected chi connectivity index (χ2v) is 5.37. The summed E-state index contributed by atoms with van der Waals surface area (Å²) in [6, 6.07) is 10.1. The van der Waals surface area contributed by atoms with Crippen molar-refractivity contribution in [1.29, 1.82) is 0 Å². The molecule has 0 saturated carbocycles. The molecule has 106 valence electrons. The van der Waals surface area contributed by atoms with E-state index in [0.29, 0.717) is 6.54 Å². The van der Waals surface area contributed by atoms with Gasteiger partial charge in [0.1, 0.15) is 0 Å². The number of thioether (sulfide) groups is 1. The number of alkyl halides is 3. The summed E-state index contributed by atoms with van der Waals surface area (Å²) in [6.45, 7) is 2.49. The minimum absolute atomic E-state index is 0.112. The van der Waals surface area contributed by atoms with Crippen molar-refractivity contribution in [2.75, 3.05) is 5.32 Å². The number of aryl methyl sites for hydroxylation is 1. The summed E-state index contributed by atoms with van der Waals surface area (Å²) in [4.78, 5) is 4.36. The highest BCUT2D eigenvalue weighted by Crippen LogP contribution is 2.37. The molecule has 0 unspecified atom stereocenters. The predicted octanol–water partition coefficient (Wildman–Crippen LogP) is 4.61. The molecule has 0 fully saturated rings. The van der Waals surface area contributed by atoms with Crippen LogP contribution in [0.2, 0.25) is 0 Å². The van der Waals surface area contributed by atoms with Crippen molar-refractivity contribution in [2.45, 2.75) is 23.9 Å². The van der Waals surface area contributed by atoms with Crippen molar-refractivity contribution in [3.63, 3.8) is 0 Å². The molecule has 2 aromatic rings. The van der Waals surface area contributed by atoms with Gasteiger partial charge in [-0.2, -0.15) is 13.2 Å². The Balaban J connectivity index is 1.92. The molecule has 0 bridgehead atoms. The number of benzene rings is 1. The van der Waals surface area contributed by atoms with E-state index < -0.39 is 5.51 Å². The van der Waals surface area contributed by atoms with Crippen molar-refractivity contribution >= 4 is 17.4 Å². The first-order chi connectivity index (χ1) is 9.42. The summed E-state index contributed by atoms with van der Waals surface area (Å²) < 4.78 is 36.6. The van der Waals surface area contributed by atoms with Crippen molar-refractivity contribution in [3.8, 4) is 0 Å². The molecule has 0 saturated heterocycles. The van der Waals surface area contributed by atoms with Gasteiger partial charge in [0, 0.05) is 29.0 Å². The maximum absolute atomic E-state index is 12.2. The van der Waals surface area contributed by atoms with Crippen LogP contribution in [-0.4, -0.2) is 10.5 Å². The molecule has 2 nitrogen and oxygen atoms in total. The molecule has 1 aromatic heterocycles. The van der Waals surface area contributed by atoms with Crippen molar-refractivity contribution < 1.29 is 13.2 Å². The Morgan fingerprint density at radius 2 is 1.80 bits per heavy atom. The van der Waals surface area contributed by atoms with Crippen molar-refractivity contribution in [2.24, 2.45) is 0 Å². The SMILES string of the molecule is Cc1ccc(CNc2ccc(SC(F)(F)F)cc2)cn1. The number of rotatable bonds is 4. The minimum atomic E-state index is -4.25. The lowest BCUT2D eigenvalue weighted by Crippen LogP contribution is -2.01. The summed E-state index contributed by atoms with van der Waals surface area (Å²) in [7, 11) is 0. The average molecular weight is 298 g/mol. The molecule has 1 aromatic carbocycles. The zero-order valence-electron chi connectivity index (χ0n) is 10.7. The average Bonchev–Trinajstić information content (AvgIpc) is 2.38. The number of hydrogen-bond donors (Lipinski definition) is 1. The third-order valence-corrected chi connectivity index (χ3v) is 3.30. The Bertz CT molecular complexity index is 550. The number of nitrogens with one attached hydrogen (secondary N) is 1. The monoisotopic (exact) mass is 298 g/mol. The van der Waals surface area contributed by atoms with E-state index in [4.69, 9.17) is 0 Å². The Morgan fingerprint density at radius 1 is 1.10 bits per heavy atom. The standard InChI is InChI=1S/C14H13F3N2S/c1-10-2-3-11(8-18-10)9-19-12-4-6-13(7-5-12)20-14(15,16)17/h2-8,19H,9H2,1H3. The maximum atomic E-state index is 12.2. The highest BCUT2D eigenvalue weighted by molar-refractivity contribution is 8.00. The van der Waals surface area contributed by atoms with Crippen molar-refractivity contribution in [3.05, 3.63) is 53.9 Å². The van der Waals surface area contributed by atoms with Crippen LogP contribution in [0, 0.1) is 6.92 Å². The number of hydrogen-bond acceptors (Lipinski definition) is 3. The third kappa shape index (κ3) is 4.77. The van der Waals surface area contributed by atoms with E-state index in [1.807, 2.05) is 19.1 Å². The molecule has 1 heterocycles. The fourth-order valence-corrected chi connectivity index (χ4v) is 2.12. The maximum Gasteiger partial charge on any atom is 0.446 e. The van der Waals surface area contributed by atoms with Crippen LogP contribution in [-0.2, 0) is 6.54 Å². The third-order valence-electron chi connectivity index (χ3n) is 2.56. The van der Waals surface area contributed by atoms with Gasteiger partial charge in [-0.1, -0.05) is 6.07 Å². The van der Waals surface area contributed by atoms with E-state index in [1.54, 1.807) is 18.3 Å². The molecule has 0 radical (unpaired) electrons. The van der Waals surface area contributed by atoms with Gasteiger partial charge in [-0.15, -0.1) is 0 Å². The number of nitrogens with zero attached hydrogens (tertiary/aromatic N) is 1. The van der Waals surface area contributed by atoms with Gasteiger partial charge in [0.2, 0.25) is 0 Å². The quantitative estimate of drug-likeness (QED) is 0.834. The molecule has 0 aliphatic rings. The molecule has 2 rings (SSSR count). The summed E-state index contributed by atoms with van der Waals surface area (Å²) in [5.41, 5.74) is -1.51. The van der Waals surface area contributed by atoms with Gasteiger partial charge in [0.05, 0.1) is 0 Å². The molecule has 6 heteroatoms. The van der Waals surface area contributed by atoms with Gasteiger partial charge in [0.15, 0.2) is 0 Å². The van der Waals surface area contributed by atoms with Crippen LogP contribution in [0.1, 0.15) is 11.3 Å². The number of aromatic nitrogens is 1. The number of anilines is 1. The molecular formula is C14H13F3N2S. The summed E-state index contributed by atoms with van der Waals surface area (Å²) in [5, 5.41) is 3.14. The fraction of sp³-hybridized carbons (Fsp3) is 0.214. The number of pyridine rings is 1. The van der Waals surface area contributed by atoms with Crippen LogP contribution in [0.25, 0.3) is 0 Å². The molecule has 0 spiro atoms. The first kappa shape index (κ1) is 14.7. The highest BCUT2D eigenvalue weighted by atomic mass is 32.2. The zero-order valence-corrected chi connectivity index (χ0v) is 11.6. The van der Waals surface area contributed by atoms with Crippen LogP contribution in [0.15, 0.2) is 47.5 Å². The summed E-state index contributed by atoms with van der Waals surface area (Å²) in [6.07, 6.45) is 1.77. The van der Waals surface area contributed by atoms with Gasteiger partial charge in [0.25, 0.3) is 0 Å². The van der Waals surface area contributed by atoms with Crippen LogP contribution in [0.3, 0.4) is 0 Å². The van der Waals surface area contributed by atoms with E-state index in [1.165, 1.54) is 12.1 Å². The van der Waals surface area contributed by atoms with E-state index in [2.05, 4.69) is 10.3 Å². The lowest BCUT2D eigenvalue weighted by Gasteiger charge is -2.08. The second kappa shape index (κ2) is 6.17. The number of halogens is 3. The Morgan fingerprint density at radius 3 is 2.35 bits per heavy atom. The van der Waals surface area contributed by atoms with Gasteiger partial charge in [-0.3, -0.25) is 4.98 Å². The zero-order chi connectivity index (χ0) is 14.6. The molecule has 20 heavy (non-hydrogen) atoms. The molecular weight excluding hydrogens is 285 g/mol. The van der Waals surface area contributed by atoms with Gasteiger partial charge in [-0.25, -0.2) is 0 Å². The first-order valence-corrected chi connectivity index (χ1v) is 6.75. The van der Waals surface area contributed by atoms with E-state index in [-0.39, 0.29) is 16.7 Å². The van der Waals surface area contributed by atoms with E-state index in [9.17, 15) is 13.2 Å².